The van der Waals surface area contributed by atoms with Gasteiger partial charge in [-0.1, -0.05) is 13.8 Å². The average molecular weight is 491 g/mol. The fourth-order valence-electron chi connectivity index (χ4n) is 4.29. The molecule has 0 radical (unpaired) electrons. The van der Waals surface area contributed by atoms with Gasteiger partial charge in [-0.05, 0) is 85.9 Å². The Labute approximate surface area is 202 Å². The highest BCUT2D eigenvalue weighted by molar-refractivity contribution is 7.98. The Morgan fingerprint density at radius 3 is 2.33 bits per heavy atom. The van der Waals surface area contributed by atoms with Crippen LogP contribution >= 0.6 is 11.8 Å². The number of sulfonamides is 1. The molecule has 1 fully saturated rings. The van der Waals surface area contributed by atoms with Crippen LogP contribution < -0.4 is 9.46 Å². The fraction of sp³-hybridized carbons (Fsp3) is 0.480. The zero-order chi connectivity index (χ0) is 24.3. The van der Waals surface area contributed by atoms with Crippen molar-refractivity contribution in [3.63, 3.8) is 0 Å². The second-order valence-corrected chi connectivity index (χ2v) is 11.4. The van der Waals surface area contributed by atoms with E-state index in [0.29, 0.717) is 18.7 Å². The minimum atomic E-state index is -3.84. The minimum Gasteiger partial charge on any atom is -0.496 e. The molecule has 1 atom stereocenters. The van der Waals surface area contributed by atoms with E-state index in [0.717, 1.165) is 40.2 Å². The first-order valence-electron chi connectivity index (χ1n) is 11.3. The highest BCUT2D eigenvalue weighted by Gasteiger charge is 2.26. The number of methoxy groups -OCH3 is 1. The van der Waals surface area contributed by atoms with Crippen molar-refractivity contribution >= 4 is 27.7 Å². The lowest BCUT2D eigenvalue weighted by Gasteiger charge is -2.22. The molecule has 0 aliphatic carbocycles. The van der Waals surface area contributed by atoms with Crippen LogP contribution in [0.2, 0.25) is 0 Å². The Hall–Kier alpha value is -2.03. The maximum atomic E-state index is 13.3. The molecule has 1 aliphatic rings. The third-order valence-electron chi connectivity index (χ3n) is 6.14. The summed E-state index contributed by atoms with van der Waals surface area (Å²) in [6.07, 6.45) is 3.86. The first-order chi connectivity index (χ1) is 15.6. The topological polar surface area (TPSA) is 75.7 Å². The summed E-state index contributed by atoms with van der Waals surface area (Å²) in [5.74, 6) is 0.940. The van der Waals surface area contributed by atoms with Crippen LogP contribution in [0.5, 0.6) is 5.75 Å². The van der Waals surface area contributed by atoms with Crippen molar-refractivity contribution in [2.75, 3.05) is 26.5 Å². The summed E-state index contributed by atoms with van der Waals surface area (Å²) in [6, 6.07) is 8.34. The number of hydrogen-bond acceptors (Lipinski definition) is 5. The quantitative estimate of drug-likeness (QED) is 0.520. The highest BCUT2D eigenvalue weighted by atomic mass is 32.2. The number of likely N-dealkylation sites (tertiary alicyclic amines) is 1. The van der Waals surface area contributed by atoms with E-state index in [1.165, 1.54) is 17.8 Å². The Morgan fingerprint density at radius 1 is 1.09 bits per heavy atom. The van der Waals surface area contributed by atoms with Gasteiger partial charge in [0.1, 0.15) is 5.75 Å². The zero-order valence-electron chi connectivity index (χ0n) is 20.3. The molecule has 0 bridgehead atoms. The van der Waals surface area contributed by atoms with Crippen LogP contribution in [0.15, 0.2) is 40.1 Å². The Kier molecular flexibility index (Phi) is 8.13. The fourth-order valence-corrected chi connectivity index (χ4v) is 6.11. The van der Waals surface area contributed by atoms with Crippen molar-refractivity contribution in [1.82, 2.24) is 9.62 Å². The maximum absolute atomic E-state index is 13.3. The van der Waals surface area contributed by atoms with Gasteiger partial charge in [0.2, 0.25) is 10.0 Å². The number of thioether (sulfide) groups is 1. The third kappa shape index (κ3) is 5.55. The molecule has 1 saturated heterocycles. The first-order valence-corrected chi connectivity index (χ1v) is 14.0. The third-order valence-corrected chi connectivity index (χ3v) is 8.48. The van der Waals surface area contributed by atoms with Crippen LogP contribution in [-0.4, -0.2) is 45.7 Å². The standard InChI is InChI=1S/C25H34N2O4S2/c1-16(2)20-15-21(17(3)13-23(20)31-5)18(4)26-33(29,30)19-9-10-24(32-6)22(14-19)25(28)27-11-7-8-12-27/h9-10,13-16,18,26H,7-8,11-12H2,1-6H3/t18-/m1/s1. The molecule has 1 amide bonds. The van der Waals surface area contributed by atoms with E-state index in [1.54, 1.807) is 24.1 Å². The van der Waals surface area contributed by atoms with Crippen LogP contribution in [0.25, 0.3) is 0 Å². The number of nitrogens with one attached hydrogen (secondary N) is 1. The largest absolute Gasteiger partial charge is 0.496 e. The number of nitrogens with zero attached hydrogens (tertiary/aromatic N) is 1. The molecule has 2 aromatic carbocycles. The molecule has 6 nitrogen and oxygen atoms in total. The predicted octanol–water partition coefficient (Wildman–Crippen LogP) is 5.12. The van der Waals surface area contributed by atoms with Gasteiger partial charge in [-0.2, -0.15) is 0 Å². The number of ether oxygens (including phenoxy) is 1. The van der Waals surface area contributed by atoms with E-state index >= 15 is 0 Å². The molecule has 0 aromatic heterocycles. The van der Waals surface area contributed by atoms with Crippen molar-refractivity contribution < 1.29 is 17.9 Å². The maximum Gasteiger partial charge on any atom is 0.255 e. The number of amides is 1. The summed E-state index contributed by atoms with van der Waals surface area (Å²) in [5.41, 5.74) is 3.33. The van der Waals surface area contributed by atoms with Crippen LogP contribution in [0.1, 0.15) is 72.6 Å². The molecule has 8 heteroatoms. The molecule has 0 unspecified atom stereocenters. The second kappa shape index (κ2) is 10.5. The van der Waals surface area contributed by atoms with Crippen molar-refractivity contribution in [2.45, 2.75) is 62.3 Å². The summed E-state index contributed by atoms with van der Waals surface area (Å²) in [7, 11) is -2.19. The summed E-state index contributed by atoms with van der Waals surface area (Å²) < 4.78 is 34.9. The van der Waals surface area contributed by atoms with Gasteiger partial charge in [-0.3, -0.25) is 4.79 Å². The van der Waals surface area contributed by atoms with Gasteiger partial charge in [0.05, 0.1) is 17.6 Å². The predicted molar refractivity (Wildman–Crippen MR) is 134 cm³/mol. The molecular formula is C25H34N2O4S2. The van der Waals surface area contributed by atoms with Crippen LogP contribution in [0.4, 0.5) is 0 Å². The second-order valence-electron chi connectivity index (χ2n) is 8.81. The number of benzene rings is 2. The van der Waals surface area contributed by atoms with Gasteiger partial charge in [0.25, 0.3) is 5.91 Å². The van der Waals surface area contributed by atoms with E-state index in [2.05, 4.69) is 18.6 Å². The van der Waals surface area contributed by atoms with Crippen molar-refractivity contribution in [1.29, 1.82) is 0 Å². The monoisotopic (exact) mass is 490 g/mol. The van der Waals surface area contributed by atoms with Gasteiger partial charge >= 0.3 is 0 Å². The lowest BCUT2D eigenvalue weighted by molar-refractivity contribution is 0.0789. The lowest BCUT2D eigenvalue weighted by Crippen LogP contribution is -2.30. The number of rotatable bonds is 8. The lowest BCUT2D eigenvalue weighted by atomic mass is 9.94. The molecule has 180 valence electrons. The zero-order valence-corrected chi connectivity index (χ0v) is 21.9. The van der Waals surface area contributed by atoms with E-state index in [-0.39, 0.29) is 16.7 Å². The molecule has 1 heterocycles. The van der Waals surface area contributed by atoms with Gasteiger partial charge in [0.15, 0.2) is 0 Å². The summed E-state index contributed by atoms with van der Waals surface area (Å²) in [5, 5.41) is 0. The minimum absolute atomic E-state index is 0.102. The van der Waals surface area contributed by atoms with Crippen molar-refractivity contribution in [3.05, 3.63) is 52.6 Å². The van der Waals surface area contributed by atoms with Gasteiger partial charge in [0, 0.05) is 24.0 Å². The van der Waals surface area contributed by atoms with E-state index in [4.69, 9.17) is 4.74 Å². The Balaban J connectivity index is 1.92. The number of carbonyl (C=O) groups is 1. The molecule has 0 saturated carbocycles. The molecule has 2 aromatic rings. The molecule has 1 aliphatic heterocycles. The average Bonchev–Trinajstić information content (AvgIpc) is 3.32. The molecule has 1 N–H and O–H groups in total. The van der Waals surface area contributed by atoms with Crippen LogP contribution in [0, 0.1) is 6.92 Å². The Bertz CT molecular complexity index is 1120. The normalized spacial score (nSPS) is 15.2. The Morgan fingerprint density at radius 2 is 1.76 bits per heavy atom. The van der Waals surface area contributed by atoms with Gasteiger partial charge in [-0.15, -0.1) is 11.8 Å². The van der Waals surface area contributed by atoms with Crippen LogP contribution in [0.3, 0.4) is 0 Å². The smallest absolute Gasteiger partial charge is 0.255 e. The van der Waals surface area contributed by atoms with E-state index in [9.17, 15) is 13.2 Å². The molecular weight excluding hydrogens is 456 g/mol. The van der Waals surface area contributed by atoms with Gasteiger partial charge in [-0.25, -0.2) is 13.1 Å². The highest BCUT2D eigenvalue weighted by Crippen LogP contribution is 2.33. The summed E-state index contributed by atoms with van der Waals surface area (Å²) >= 11 is 1.45. The van der Waals surface area contributed by atoms with Gasteiger partial charge < -0.3 is 9.64 Å². The first kappa shape index (κ1) is 25.6. The van der Waals surface area contributed by atoms with Crippen molar-refractivity contribution in [3.8, 4) is 5.75 Å². The number of aryl methyl sites for hydroxylation is 1. The number of hydrogen-bond donors (Lipinski definition) is 1. The summed E-state index contributed by atoms with van der Waals surface area (Å²) in [4.78, 5) is 15.7. The van der Waals surface area contributed by atoms with E-state index in [1.807, 2.05) is 32.2 Å². The molecule has 0 spiro atoms. The molecule has 3 rings (SSSR count). The van der Waals surface area contributed by atoms with Crippen molar-refractivity contribution in [2.24, 2.45) is 0 Å². The number of carbonyl (C=O) groups excluding carboxylic acids is 1. The van der Waals surface area contributed by atoms with Crippen LogP contribution in [-0.2, 0) is 10.0 Å². The molecule has 33 heavy (non-hydrogen) atoms. The SMILES string of the molecule is COc1cc(C)c([C@@H](C)NS(=O)(=O)c2ccc(SC)c(C(=O)N3CCCC3)c2)cc1C(C)C. The van der Waals surface area contributed by atoms with E-state index < -0.39 is 16.1 Å². The summed E-state index contributed by atoms with van der Waals surface area (Å²) in [6.45, 7) is 9.38.